The van der Waals surface area contributed by atoms with Gasteiger partial charge in [0.25, 0.3) is 0 Å². The highest BCUT2D eigenvalue weighted by Gasteiger charge is 2.17. The fraction of sp³-hybridized carbons (Fsp3) is 0.348. The molecule has 2 aromatic rings. The van der Waals surface area contributed by atoms with Gasteiger partial charge in [0.2, 0.25) is 0 Å². The summed E-state index contributed by atoms with van der Waals surface area (Å²) in [5.41, 5.74) is 6.06. The summed E-state index contributed by atoms with van der Waals surface area (Å²) < 4.78 is 2.34. The van der Waals surface area contributed by atoms with Crippen molar-refractivity contribution in [1.82, 2.24) is 9.55 Å². The molecule has 132 valence electrons. The van der Waals surface area contributed by atoms with Gasteiger partial charge in [0, 0.05) is 11.3 Å². The molecule has 0 bridgehead atoms. The van der Waals surface area contributed by atoms with Gasteiger partial charge in [-0.3, -0.25) is 4.57 Å². The lowest BCUT2D eigenvalue weighted by Gasteiger charge is -2.14. The first kappa shape index (κ1) is 19.0. The Morgan fingerprint density at radius 2 is 1.76 bits per heavy atom. The van der Waals surface area contributed by atoms with Crippen LogP contribution in [0.3, 0.4) is 0 Å². The van der Waals surface area contributed by atoms with Crippen LogP contribution < -0.4 is 0 Å². The fourth-order valence-corrected chi connectivity index (χ4v) is 3.04. The molecular weight excluding hydrogens is 304 g/mol. The fourth-order valence-electron chi connectivity index (χ4n) is 3.04. The molecule has 0 radical (unpaired) electrons. The number of aryl methyl sites for hydroxylation is 2. The van der Waals surface area contributed by atoms with Crippen LogP contribution in [0.1, 0.15) is 57.0 Å². The first-order valence-corrected chi connectivity index (χ1v) is 9.34. The number of nitrogens with zero attached hydrogens (tertiary/aromatic N) is 2. The number of hydrogen-bond donors (Lipinski definition) is 0. The highest BCUT2D eigenvalue weighted by molar-refractivity contribution is 5.69. The van der Waals surface area contributed by atoms with E-state index in [0.717, 1.165) is 30.8 Å². The largest absolute Gasteiger partial charge is 0.297 e. The minimum absolute atomic E-state index is 0.995. The van der Waals surface area contributed by atoms with Crippen LogP contribution in [0.5, 0.6) is 0 Å². The third-order valence-corrected chi connectivity index (χ3v) is 4.24. The molecule has 0 saturated carbocycles. The van der Waals surface area contributed by atoms with Gasteiger partial charge in [0.05, 0.1) is 11.4 Å². The van der Waals surface area contributed by atoms with Gasteiger partial charge < -0.3 is 0 Å². The molecule has 0 spiro atoms. The molecule has 3 rings (SSSR count). The number of benzene rings is 1. The van der Waals surface area contributed by atoms with Crippen LogP contribution in [-0.2, 0) is 0 Å². The lowest BCUT2D eigenvalue weighted by molar-refractivity contribution is 0.952. The predicted octanol–water partition coefficient (Wildman–Crippen LogP) is 6.81. The zero-order valence-electron chi connectivity index (χ0n) is 16.2. The number of hydrogen-bond acceptors (Lipinski definition) is 1. The van der Waals surface area contributed by atoms with Gasteiger partial charge in [-0.05, 0) is 46.1 Å². The second-order valence-corrected chi connectivity index (χ2v) is 6.05. The van der Waals surface area contributed by atoms with Gasteiger partial charge >= 0.3 is 0 Å². The van der Waals surface area contributed by atoms with E-state index < -0.39 is 0 Å². The third kappa shape index (κ3) is 4.39. The van der Waals surface area contributed by atoms with Crippen LogP contribution in [0, 0.1) is 13.8 Å². The normalized spacial score (nSPS) is 14.0. The summed E-state index contributed by atoms with van der Waals surface area (Å²) in [7, 11) is 0. The molecule has 2 heteroatoms. The zero-order chi connectivity index (χ0) is 18.2. The van der Waals surface area contributed by atoms with E-state index in [1.807, 2.05) is 13.8 Å². The van der Waals surface area contributed by atoms with Crippen molar-refractivity contribution in [1.29, 1.82) is 0 Å². The average Bonchev–Trinajstić information content (AvgIpc) is 2.82. The quantitative estimate of drug-likeness (QED) is 0.564. The number of imidazole rings is 1. The second-order valence-electron chi connectivity index (χ2n) is 6.05. The summed E-state index contributed by atoms with van der Waals surface area (Å²) in [5.74, 6) is 1.05. The molecule has 0 saturated heterocycles. The maximum absolute atomic E-state index is 4.89. The van der Waals surface area contributed by atoms with Gasteiger partial charge in [-0.1, -0.05) is 68.0 Å². The Hall–Kier alpha value is -2.35. The first-order valence-electron chi connectivity index (χ1n) is 9.34. The van der Waals surface area contributed by atoms with Crippen molar-refractivity contribution in [2.75, 3.05) is 0 Å². The highest BCUT2D eigenvalue weighted by atomic mass is 15.1. The maximum atomic E-state index is 4.89. The lowest BCUT2D eigenvalue weighted by Crippen LogP contribution is -2.02. The Morgan fingerprint density at radius 3 is 2.44 bits per heavy atom. The van der Waals surface area contributed by atoms with Crippen LogP contribution in [0.25, 0.3) is 23.2 Å². The molecule has 0 N–H and O–H groups in total. The topological polar surface area (TPSA) is 17.8 Å². The van der Waals surface area contributed by atoms with E-state index in [0.29, 0.717) is 0 Å². The molecular formula is C23H30N2. The van der Waals surface area contributed by atoms with Crippen LogP contribution in [0.2, 0.25) is 0 Å². The monoisotopic (exact) mass is 334 g/mol. The van der Waals surface area contributed by atoms with Crippen molar-refractivity contribution in [3.05, 3.63) is 65.5 Å². The Bertz CT molecular complexity index is 771. The van der Waals surface area contributed by atoms with Crippen molar-refractivity contribution in [2.24, 2.45) is 0 Å². The second kappa shape index (κ2) is 9.22. The molecule has 0 amide bonds. The van der Waals surface area contributed by atoms with E-state index >= 15 is 0 Å². The summed E-state index contributed by atoms with van der Waals surface area (Å²) in [6, 6.07) is 8.65. The zero-order valence-corrected chi connectivity index (χ0v) is 16.2. The minimum Gasteiger partial charge on any atom is -0.297 e. The molecule has 1 aliphatic carbocycles. The van der Waals surface area contributed by atoms with Crippen LogP contribution in [0.15, 0.2) is 48.6 Å². The van der Waals surface area contributed by atoms with Gasteiger partial charge in [-0.15, -0.1) is 0 Å². The van der Waals surface area contributed by atoms with Crippen molar-refractivity contribution in [3.63, 3.8) is 0 Å². The van der Waals surface area contributed by atoms with E-state index in [9.17, 15) is 0 Å². The first-order chi connectivity index (χ1) is 12.2. The van der Waals surface area contributed by atoms with Crippen LogP contribution in [-0.4, -0.2) is 9.55 Å². The molecule has 0 atom stereocenters. The van der Waals surface area contributed by atoms with Crippen LogP contribution >= 0.6 is 0 Å². The summed E-state index contributed by atoms with van der Waals surface area (Å²) in [5, 5.41) is 0. The maximum Gasteiger partial charge on any atom is 0.145 e. The molecule has 0 fully saturated rings. The smallest absolute Gasteiger partial charge is 0.145 e. The average molecular weight is 335 g/mol. The summed E-state index contributed by atoms with van der Waals surface area (Å²) in [4.78, 5) is 4.89. The Labute approximate surface area is 152 Å². The van der Waals surface area contributed by atoms with Gasteiger partial charge in [0.15, 0.2) is 0 Å². The Morgan fingerprint density at radius 1 is 1.04 bits per heavy atom. The molecule has 0 aliphatic heterocycles. The molecule has 0 unspecified atom stereocenters. The Balaban J connectivity index is 0.00000109. The molecule has 1 aliphatic rings. The van der Waals surface area contributed by atoms with Gasteiger partial charge in [-0.2, -0.15) is 0 Å². The minimum atomic E-state index is 0.995. The molecule has 25 heavy (non-hydrogen) atoms. The lowest BCUT2D eigenvalue weighted by atomic mass is 10.1. The van der Waals surface area contributed by atoms with E-state index in [2.05, 4.69) is 80.0 Å². The summed E-state index contributed by atoms with van der Waals surface area (Å²) in [6.45, 7) is 10.3. The van der Waals surface area contributed by atoms with Gasteiger partial charge in [0.1, 0.15) is 5.82 Å². The Kier molecular flexibility index (Phi) is 7.00. The highest BCUT2D eigenvalue weighted by Crippen LogP contribution is 2.30. The molecule has 1 aromatic heterocycles. The molecule has 1 aromatic carbocycles. The number of allylic oxidation sites excluding steroid dienone is 5. The predicted molar refractivity (Wildman–Crippen MR) is 110 cm³/mol. The third-order valence-electron chi connectivity index (χ3n) is 4.24. The SMILES string of the molecule is C/C=C\c1c(C)nc(-c2ccc(C)cc2)n1C1=CCC=CCC1.CC. The van der Waals surface area contributed by atoms with E-state index in [4.69, 9.17) is 4.98 Å². The van der Waals surface area contributed by atoms with Gasteiger partial charge in [-0.25, -0.2) is 4.98 Å². The van der Waals surface area contributed by atoms with Crippen molar-refractivity contribution in [3.8, 4) is 11.4 Å². The van der Waals surface area contributed by atoms with Crippen molar-refractivity contribution in [2.45, 2.75) is 53.9 Å². The summed E-state index contributed by atoms with van der Waals surface area (Å²) >= 11 is 0. The number of rotatable bonds is 3. The number of aromatic nitrogens is 2. The van der Waals surface area contributed by atoms with E-state index in [-0.39, 0.29) is 0 Å². The van der Waals surface area contributed by atoms with E-state index in [1.54, 1.807) is 0 Å². The standard InChI is InChI=1S/C21H24N2.C2H6/c1-4-9-20-17(3)22-21(18-14-12-16(2)13-15-18)23(20)19-10-7-5-6-8-11-19;1-2/h4-6,9-10,12-15H,7-8,11H2,1-3H3;1-2H3/b9-4-;. The van der Waals surface area contributed by atoms with Crippen LogP contribution in [0.4, 0.5) is 0 Å². The van der Waals surface area contributed by atoms with Crippen molar-refractivity contribution < 1.29 is 0 Å². The van der Waals surface area contributed by atoms with E-state index in [1.165, 1.54) is 22.5 Å². The van der Waals surface area contributed by atoms with Crippen molar-refractivity contribution >= 4 is 11.8 Å². The summed E-state index contributed by atoms with van der Waals surface area (Å²) in [6.07, 6.45) is 14.2. The molecule has 2 nitrogen and oxygen atoms in total. The molecule has 1 heterocycles.